The molecule has 1 N–H and O–H groups in total. The van der Waals surface area contributed by atoms with Crippen LogP contribution in [-0.4, -0.2) is 24.4 Å². The van der Waals surface area contributed by atoms with Crippen molar-refractivity contribution in [3.05, 3.63) is 0 Å². The lowest BCUT2D eigenvalue weighted by atomic mass is 10.0. The van der Waals surface area contributed by atoms with Crippen LogP contribution in [0.5, 0.6) is 0 Å². The van der Waals surface area contributed by atoms with E-state index in [0.29, 0.717) is 6.61 Å². The molecule has 1 atom stereocenters. The first-order valence-corrected chi connectivity index (χ1v) is 10.4. The third-order valence-corrected chi connectivity index (χ3v) is 4.43. The molecule has 3 heteroatoms. The molecule has 0 rings (SSSR count). The van der Waals surface area contributed by atoms with Gasteiger partial charge in [-0.25, -0.2) is 0 Å². The van der Waals surface area contributed by atoms with Crippen LogP contribution in [0.1, 0.15) is 111 Å². The number of aliphatic hydroxyl groups is 1. The van der Waals surface area contributed by atoms with E-state index < -0.39 is 0 Å². The predicted octanol–water partition coefficient (Wildman–Crippen LogP) is 6.92. The smallest absolute Gasteiger partial charge is 0.0745 e. The fourth-order valence-corrected chi connectivity index (χ4v) is 2.96. The SMILES string of the molecule is CC(C)CCCCCCCCCCCCCCCOCC(C)O.Cl. The maximum absolute atomic E-state index is 9.06. The summed E-state index contributed by atoms with van der Waals surface area (Å²) < 4.78 is 5.36. The molecule has 2 nitrogen and oxygen atoms in total. The molecule has 0 bridgehead atoms. The lowest BCUT2D eigenvalue weighted by molar-refractivity contribution is 0.0445. The fourth-order valence-electron chi connectivity index (χ4n) is 2.96. The predicted molar refractivity (Wildman–Crippen MR) is 109 cm³/mol. The summed E-state index contributed by atoms with van der Waals surface area (Å²) in [6.45, 7) is 7.71. The van der Waals surface area contributed by atoms with Gasteiger partial charge >= 0.3 is 0 Å². The average molecular weight is 365 g/mol. The van der Waals surface area contributed by atoms with Crippen molar-refractivity contribution in [2.75, 3.05) is 13.2 Å². The summed E-state index contributed by atoms with van der Waals surface area (Å²) in [5.74, 6) is 0.881. The highest BCUT2D eigenvalue weighted by molar-refractivity contribution is 5.85. The second-order valence-electron chi connectivity index (χ2n) is 7.70. The third-order valence-electron chi connectivity index (χ3n) is 4.43. The van der Waals surface area contributed by atoms with Gasteiger partial charge in [0.1, 0.15) is 0 Å². The topological polar surface area (TPSA) is 29.5 Å². The van der Waals surface area contributed by atoms with Gasteiger partial charge in [0.2, 0.25) is 0 Å². The van der Waals surface area contributed by atoms with Crippen molar-refractivity contribution in [1.82, 2.24) is 0 Å². The van der Waals surface area contributed by atoms with Crippen molar-refractivity contribution >= 4 is 12.4 Å². The number of ether oxygens (including phenoxy) is 1. The molecule has 0 aliphatic carbocycles. The van der Waals surface area contributed by atoms with Crippen LogP contribution in [0.25, 0.3) is 0 Å². The number of halogens is 1. The Morgan fingerprint density at radius 3 is 1.38 bits per heavy atom. The molecule has 0 saturated carbocycles. The highest BCUT2D eigenvalue weighted by Gasteiger charge is 1.97. The van der Waals surface area contributed by atoms with Gasteiger partial charge in [0, 0.05) is 6.61 Å². The van der Waals surface area contributed by atoms with Gasteiger partial charge in [-0.1, -0.05) is 97.3 Å². The molecule has 0 spiro atoms. The van der Waals surface area contributed by atoms with E-state index in [1.807, 2.05) is 0 Å². The van der Waals surface area contributed by atoms with Gasteiger partial charge in [0.25, 0.3) is 0 Å². The van der Waals surface area contributed by atoms with Gasteiger partial charge in [-0.05, 0) is 19.3 Å². The van der Waals surface area contributed by atoms with Crippen LogP contribution < -0.4 is 0 Å². The van der Waals surface area contributed by atoms with E-state index in [2.05, 4.69) is 13.8 Å². The Balaban J connectivity index is 0. The number of rotatable bonds is 18. The molecule has 0 aromatic carbocycles. The van der Waals surface area contributed by atoms with Crippen LogP contribution in [0, 0.1) is 5.92 Å². The van der Waals surface area contributed by atoms with E-state index in [1.54, 1.807) is 6.92 Å². The van der Waals surface area contributed by atoms with Crippen molar-refractivity contribution in [1.29, 1.82) is 0 Å². The van der Waals surface area contributed by atoms with Crippen molar-refractivity contribution in [2.24, 2.45) is 5.92 Å². The maximum Gasteiger partial charge on any atom is 0.0745 e. The Bertz CT molecular complexity index is 198. The molecule has 0 radical (unpaired) electrons. The van der Waals surface area contributed by atoms with Gasteiger partial charge < -0.3 is 9.84 Å². The molecule has 0 aromatic rings. The monoisotopic (exact) mass is 364 g/mol. The maximum atomic E-state index is 9.06. The summed E-state index contributed by atoms with van der Waals surface area (Å²) in [6, 6.07) is 0. The fraction of sp³-hybridized carbons (Fsp3) is 1.00. The first-order valence-electron chi connectivity index (χ1n) is 10.4. The molecule has 24 heavy (non-hydrogen) atoms. The number of aliphatic hydroxyl groups excluding tert-OH is 1. The number of hydrogen-bond acceptors (Lipinski definition) is 2. The first kappa shape index (κ1) is 26.4. The Hall–Kier alpha value is 0.210. The summed E-state index contributed by atoms with van der Waals surface area (Å²) in [7, 11) is 0. The Kier molecular flexibility index (Phi) is 23.4. The molecular weight excluding hydrogens is 320 g/mol. The first-order chi connectivity index (χ1) is 11.1. The summed E-state index contributed by atoms with van der Waals surface area (Å²) in [5.41, 5.74) is 0. The minimum absolute atomic E-state index is 0. The van der Waals surface area contributed by atoms with Crippen LogP contribution in [0.2, 0.25) is 0 Å². The third kappa shape index (κ3) is 24.5. The molecular formula is C21H45ClO2. The summed E-state index contributed by atoms with van der Waals surface area (Å²) >= 11 is 0. The molecule has 0 aliphatic rings. The van der Waals surface area contributed by atoms with Gasteiger partial charge in [-0.15, -0.1) is 12.4 Å². The lowest BCUT2D eigenvalue weighted by Gasteiger charge is -2.06. The molecule has 0 heterocycles. The Morgan fingerprint density at radius 1 is 0.625 bits per heavy atom. The quantitative estimate of drug-likeness (QED) is 0.267. The summed E-state index contributed by atoms with van der Waals surface area (Å²) in [4.78, 5) is 0. The number of unbranched alkanes of at least 4 members (excludes halogenated alkanes) is 12. The largest absolute Gasteiger partial charge is 0.391 e. The van der Waals surface area contributed by atoms with Gasteiger partial charge in [0.15, 0.2) is 0 Å². The van der Waals surface area contributed by atoms with Crippen molar-refractivity contribution < 1.29 is 9.84 Å². The van der Waals surface area contributed by atoms with Gasteiger partial charge in [-0.3, -0.25) is 0 Å². The molecule has 0 amide bonds. The second kappa shape index (κ2) is 21.3. The Morgan fingerprint density at radius 2 is 1.00 bits per heavy atom. The van der Waals surface area contributed by atoms with E-state index in [-0.39, 0.29) is 18.5 Å². The van der Waals surface area contributed by atoms with Crippen LogP contribution in [-0.2, 0) is 4.74 Å². The molecule has 0 aliphatic heterocycles. The molecule has 148 valence electrons. The van der Waals surface area contributed by atoms with E-state index >= 15 is 0 Å². The van der Waals surface area contributed by atoms with E-state index in [4.69, 9.17) is 9.84 Å². The normalized spacial score (nSPS) is 12.4. The van der Waals surface area contributed by atoms with E-state index in [0.717, 1.165) is 18.9 Å². The highest BCUT2D eigenvalue weighted by atomic mass is 35.5. The molecule has 0 saturated heterocycles. The Labute approximate surface area is 158 Å². The zero-order valence-electron chi connectivity index (χ0n) is 16.7. The minimum Gasteiger partial charge on any atom is -0.391 e. The van der Waals surface area contributed by atoms with Crippen LogP contribution in [0.3, 0.4) is 0 Å². The van der Waals surface area contributed by atoms with Gasteiger partial charge in [-0.2, -0.15) is 0 Å². The number of hydrogen-bond donors (Lipinski definition) is 1. The molecule has 0 fully saturated rings. The minimum atomic E-state index is -0.324. The lowest BCUT2D eigenvalue weighted by Crippen LogP contribution is -2.10. The summed E-state index contributed by atoms with van der Waals surface area (Å²) in [6.07, 6.45) is 19.1. The molecule has 1 unspecified atom stereocenters. The standard InChI is InChI=1S/C21H44O2.ClH/c1-20(2)17-15-13-11-9-7-5-4-6-8-10-12-14-16-18-23-19-21(3)22;/h20-22H,4-19H2,1-3H3;1H. The van der Waals surface area contributed by atoms with E-state index in [1.165, 1.54) is 83.5 Å². The molecule has 0 aromatic heterocycles. The van der Waals surface area contributed by atoms with Crippen LogP contribution in [0.4, 0.5) is 0 Å². The van der Waals surface area contributed by atoms with Crippen molar-refractivity contribution in [3.63, 3.8) is 0 Å². The van der Waals surface area contributed by atoms with Crippen molar-refractivity contribution in [2.45, 2.75) is 117 Å². The summed E-state index contributed by atoms with van der Waals surface area (Å²) in [5, 5.41) is 9.06. The second-order valence-corrected chi connectivity index (χ2v) is 7.70. The van der Waals surface area contributed by atoms with Crippen LogP contribution in [0.15, 0.2) is 0 Å². The van der Waals surface area contributed by atoms with E-state index in [9.17, 15) is 0 Å². The highest BCUT2D eigenvalue weighted by Crippen LogP contribution is 2.14. The zero-order chi connectivity index (χ0) is 17.2. The zero-order valence-corrected chi connectivity index (χ0v) is 17.5. The van der Waals surface area contributed by atoms with Crippen molar-refractivity contribution in [3.8, 4) is 0 Å². The van der Waals surface area contributed by atoms with Gasteiger partial charge in [0.05, 0.1) is 12.7 Å². The van der Waals surface area contributed by atoms with Crippen LogP contribution >= 0.6 is 12.4 Å². The average Bonchev–Trinajstić information content (AvgIpc) is 2.49.